The topological polar surface area (TPSA) is 172 Å². The third-order valence-electron chi connectivity index (χ3n) is 10.1. The molecule has 0 rings (SSSR count). The number of ether oxygens (including phenoxy) is 2. The van der Waals surface area contributed by atoms with Gasteiger partial charge < -0.3 is 39.4 Å². The summed E-state index contributed by atoms with van der Waals surface area (Å²) in [5.74, 6) is 0. The van der Waals surface area contributed by atoms with Crippen molar-refractivity contribution in [1.82, 2.24) is 0 Å². The van der Waals surface area contributed by atoms with E-state index in [1.165, 1.54) is 116 Å². The minimum Gasteiger partial charge on any atom is -0.759 e. The van der Waals surface area contributed by atoms with E-state index in [1.54, 1.807) is 0 Å². The van der Waals surface area contributed by atoms with Crippen LogP contribution in [0.3, 0.4) is 0 Å². The van der Waals surface area contributed by atoms with E-state index in [0.29, 0.717) is 0 Å². The predicted molar refractivity (Wildman–Crippen MR) is 228 cm³/mol. The monoisotopic (exact) mass is 813 g/mol. The van der Waals surface area contributed by atoms with Gasteiger partial charge in [0.05, 0.1) is 37.5 Å². The van der Waals surface area contributed by atoms with E-state index in [4.69, 9.17) is 27.0 Å². The first-order chi connectivity index (χ1) is 26.4. The molecule has 0 aromatic heterocycles. The Bertz CT molecular complexity index is 767. The summed E-state index contributed by atoms with van der Waals surface area (Å²) in [5.41, 5.74) is 0. The molecule has 6 unspecified atom stereocenters. The number of unbranched alkanes of at least 4 members (excludes halogenated alkanes) is 16. The van der Waals surface area contributed by atoms with Gasteiger partial charge in [0.15, 0.2) is 12.5 Å². The fourth-order valence-electron chi connectivity index (χ4n) is 7.00. The zero-order chi connectivity index (χ0) is 42.0. The number of rotatable bonds is 38. The Morgan fingerprint density at radius 3 is 0.909 bits per heavy atom. The SMILES string of the molecule is CCCCCCCCCCCC(OC(CCC)[NH2+]CC)C(O)CCC.CCCCCCCCCCCC(OC(CCC)[NH2+]CC)C(O)CCC.O=S(=O)([O-])[O-]. The third kappa shape index (κ3) is 46.2. The summed E-state index contributed by atoms with van der Waals surface area (Å²) < 4.78 is 46.7. The molecule has 55 heavy (non-hydrogen) atoms. The van der Waals surface area contributed by atoms with Crippen molar-refractivity contribution in [2.24, 2.45) is 0 Å². The van der Waals surface area contributed by atoms with E-state index in [1.807, 2.05) is 0 Å². The van der Waals surface area contributed by atoms with Crippen molar-refractivity contribution in [2.45, 2.75) is 272 Å². The number of aliphatic hydroxyl groups is 2. The first-order valence-corrected chi connectivity index (χ1v) is 24.7. The molecule has 6 atom stereocenters. The van der Waals surface area contributed by atoms with Crippen molar-refractivity contribution in [1.29, 1.82) is 0 Å². The van der Waals surface area contributed by atoms with Gasteiger partial charge in [-0.2, -0.15) is 0 Å². The highest BCUT2D eigenvalue weighted by atomic mass is 32.3. The van der Waals surface area contributed by atoms with Crippen molar-refractivity contribution in [3.8, 4) is 0 Å². The number of quaternary nitrogens is 2. The summed E-state index contributed by atoms with van der Waals surface area (Å²) in [5, 5.41) is 25.5. The molecule has 0 aromatic carbocycles. The van der Waals surface area contributed by atoms with Gasteiger partial charge in [0, 0.05) is 23.2 Å². The van der Waals surface area contributed by atoms with Gasteiger partial charge in [0.25, 0.3) is 0 Å². The second kappa shape index (κ2) is 44.7. The normalized spacial score (nSPS) is 14.9. The Hall–Kier alpha value is -0.370. The summed E-state index contributed by atoms with van der Waals surface area (Å²) in [7, 11) is -5.17. The number of hydrogen-bond donors (Lipinski definition) is 4. The highest BCUT2D eigenvalue weighted by molar-refractivity contribution is 7.79. The van der Waals surface area contributed by atoms with E-state index in [2.05, 4.69) is 66.0 Å². The quantitative estimate of drug-likeness (QED) is 0.0207. The fraction of sp³-hybridized carbons (Fsp3) is 1.00. The summed E-state index contributed by atoms with van der Waals surface area (Å²) in [6.45, 7) is 19.7. The van der Waals surface area contributed by atoms with Crippen molar-refractivity contribution < 1.29 is 47.8 Å². The average Bonchev–Trinajstić information content (AvgIpc) is 3.12. The van der Waals surface area contributed by atoms with Crippen LogP contribution >= 0.6 is 0 Å². The smallest absolute Gasteiger partial charge is 0.190 e. The van der Waals surface area contributed by atoms with Crippen LogP contribution in [0, 0.1) is 0 Å². The Labute approximate surface area is 342 Å². The van der Waals surface area contributed by atoms with E-state index in [-0.39, 0.29) is 36.9 Å². The van der Waals surface area contributed by atoms with Crippen molar-refractivity contribution in [3.05, 3.63) is 0 Å². The molecule has 0 heterocycles. The van der Waals surface area contributed by atoms with E-state index >= 15 is 0 Å². The van der Waals surface area contributed by atoms with Crippen LogP contribution in [0.15, 0.2) is 0 Å². The molecule has 0 aliphatic rings. The lowest BCUT2D eigenvalue weighted by atomic mass is 10.0. The standard InChI is InChI=1S/2C22H47NO2.H2O4S/c2*1-5-9-10-11-12-13-14-15-16-19-21(20(24)17-6-2)25-22(18-7-3)23-8-4;1-5(2,3)4/h2*20-24H,5-19H2,1-4H3;(H2,1,2,3,4). The van der Waals surface area contributed by atoms with E-state index < -0.39 is 10.4 Å². The minimum atomic E-state index is -5.17. The Morgan fingerprint density at radius 1 is 0.418 bits per heavy atom. The van der Waals surface area contributed by atoms with Crippen molar-refractivity contribution >= 4 is 10.4 Å². The maximum atomic E-state index is 10.5. The highest BCUT2D eigenvalue weighted by Crippen LogP contribution is 2.19. The molecule has 0 aliphatic carbocycles. The minimum absolute atomic E-state index is 0.0175. The van der Waals surface area contributed by atoms with E-state index in [0.717, 1.165) is 77.3 Å². The zero-order valence-electron chi connectivity index (χ0n) is 37.6. The van der Waals surface area contributed by atoms with Gasteiger partial charge in [-0.15, -0.1) is 0 Å². The molecule has 0 aromatic rings. The van der Waals surface area contributed by atoms with Gasteiger partial charge in [-0.05, 0) is 52.4 Å². The van der Waals surface area contributed by atoms with Crippen LogP contribution in [-0.2, 0) is 19.9 Å². The molecule has 0 bridgehead atoms. The number of nitrogens with two attached hydrogens (primary N) is 2. The van der Waals surface area contributed by atoms with Crippen LogP contribution < -0.4 is 10.6 Å². The number of hydrogen-bond acceptors (Lipinski definition) is 8. The van der Waals surface area contributed by atoms with Crippen LogP contribution in [0.25, 0.3) is 0 Å². The largest absolute Gasteiger partial charge is 0.759 e. The maximum absolute atomic E-state index is 10.5. The molecule has 0 saturated carbocycles. The number of aliphatic hydroxyl groups excluding tert-OH is 2. The molecule has 0 radical (unpaired) electrons. The molecule has 0 saturated heterocycles. The maximum Gasteiger partial charge on any atom is 0.190 e. The Kier molecular flexibility index (Phi) is 47.9. The molecule has 336 valence electrons. The molecule has 0 fully saturated rings. The summed E-state index contributed by atoms with van der Waals surface area (Å²) in [6, 6.07) is 0. The Balaban J connectivity index is -0.000000874. The molecular weight excluding hydrogens is 717 g/mol. The first-order valence-electron chi connectivity index (χ1n) is 23.4. The second-order valence-electron chi connectivity index (χ2n) is 15.6. The van der Waals surface area contributed by atoms with Crippen LogP contribution in [-0.4, -0.2) is 77.7 Å². The van der Waals surface area contributed by atoms with Gasteiger partial charge in [-0.1, -0.05) is 170 Å². The van der Waals surface area contributed by atoms with Gasteiger partial charge in [-0.25, -0.2) is 0 Å². The van der Waals surface area contributed by atoms with Gasteiger partial charge in [0.1, 0.15) is 0 Å². The molecular formula is C44H96N2O8S. The summed E-state index contributed by atoms with van der Waals surface area (Å²) >= 11 is 0. The fourth-order valence-corrected chi connectivity index (χ4v) is 7.00. The van der Waals surface area contributed by atoms with Gasteiger partial charge in [-0.3, -0.25) is 8.42 Å². The van der Waals surface area contributed by atoms with Crippen LogP contribution in [0.4, 0.5) is 0 Å². The molecule has 11 heteroatoms. The molecule has 10 nitrogen and oxygen atoms in total. The summed E-state index contributed by atoms with van der Waals surface area (Å²) in [4.78, 5) is 0. The van der Waals surface area contributed by atoms with Crippen molar-refractivity contribution in [3.63, 3.8) is 0 Å². The van der Waals surface area contributed by atoms with Crippen LogP contribution in [0.1, 0.15) is 235 Å². The lowest BCUT2D eigenvalue weighted by molar-refractivity contribution is -0.728. The third-order valence-corrected chi connectivity index (χ3v) is 10.1. The molecule has 0 aliphatic heterocycles. The Morgan fingerprint density at radius 2 is 0.673 bits per heavy atom. The average molecular weight is 813 g/mol. The predicted octanol–water partition coefficient (Wildman–Crippen LogP) is 8.99. The van der Waals surface area contributed by atoms with Gasteiger partial charge >= 0.3 is 0 Å². The molecule has 0 amide bonds. The lowest BCUT2D eigenvalue weighted by Gasteiger charge is -2.27. The molecule has 0 spiro atoms. The first kappa shape index (κ1) is 58.9. The zero-order valence-corrected chi connectivity index (χ0v) is 38.4. The van der Waals surface area contributed by atoms with E-state index in [9.17, 15) is 10.2 Å². The highest BCUT2D eigenvalue weighted by Gasteiger charge is 2.25. The molecule has 6 N–H and O–H groups in total. The van der Waals surface area contributed by atoms with Crippen molar-refractivity contribution in [2.75, 3.05) is 13.1 Å². The lowest BCUT2D eigenvalue weighted by Crippen LogP contribution is -2.90. The summed E-state index contributed by atoms with van der Waals surface area (Å²) in [6.07, 6.45) is 34.2. The second-order valence-corrected chi connectivity index (χ2v) is 16.5. The van der Waals surface area contributed by atoms with Gasteiger partial charge in [0.2, 0.25) is 0 Å². The van der Waals surface area contributed by atoms with Crippen LogP contribution in [0.5, 0.6) is 0 Å². The van der Waals surface area contributed by atoms with Crippen LogP contribution in [0.2, 0.25) is 0 Å².